The molecule has 4 aromatic rings. The summed E-state index contributed by atoms with van der Waals surface area (Å²) in [4.78, 5) is 30.5. The summed E-state index contributed by atoms with van der Waals surface area (Å²) in [5.41, 5.74) is 3.31. The average Bonchev–Trinajstić information content (AvgIpc) is 3.08. The highest BCUT2D eigenvalue weighted by atomic mass is 35.5. The Morgan fingerprint density at radius 2 is 1.52 bits per heavy atom. The van der Waals surface area contributed by atoms with Gasteiger partial charge < -0.3 is 10.2 Å². The minimum Gasteiger partial charge on any atom is -0.352 e. The summed E-state index contributed by atoms with van der Waals surface area (Å²) < 4.78 is 29.8. The van der Waals surface area contributed by atoms with Crippen LogP contribution in [0.15, 0.2) is 102 Å². The first-order valence-corrected chi connectivity index (χ1v) is 18.5. The molecule has 48 heavy (non-hydrogen) atoms. The molecular formula is C38H41Cl2N3O4S. The van der Waals surface area contributed by atoms with E-state index in [1.54, 1.807) is 49.4 Å². The average molecular weight is 707 g/mol. The molecule has 0 aliphatic heterocycles. The van der Waals surface area contributed by atoms with Crippen molar-refractivity contribution < 1.29 is 18.0 Å². The van der Waals surface area contributed by atoms with Crippen LogP contribution in [-0.4, -0.2) is 43.8 Å². The van der Waals surface area contributed by atoms with Gasteiger partial charge in [0.1, 0.15) is 12.6 Å². The van der Waals surface area contributed by atoms with Crippen LogP contribution in [0.3, 0.4) is 0 Å². The zero-order valence-corrected chi connectivity index (χ0v) is 29.6. The number of amides is 2. The molecule has 7 nitrogen and oxygen atoms in total. The van der Waals surface area contributed by atoms with Crippen molar-refractivity contribution in [1.29, 1.82) is 0 Å². The summed E-state index contributed by atoms with van der Waals surface area (Å²) in [5.74, 6) is -0.831. The molecule has 1 atom stereocenters. The summed E-state index contributed by atoms with van der Waals surface area (Å²) in [6.07, 6.45) is 5.17. The van der Waals surface area contributed by atoms with E-state index in [-0.39, 0.29) is 35.5 Å². The van der Waals surface area contributed by atoms with E-state index in [0.29, 0.717) is 21.2 Å². The van der Waals surface area contributed by atoms with E-state index < -0.39 is 28.5 Å². The Balaban J connectivity index is 1.59. The van der Waals surface area contributed by atoms with Crippen molar-refractivity contribution in [2.24, 2.45) is 0 Å². The van der Waals surface area contributed by atoms with Gasteiger partial charge in [0.05, 0.1) is 10.6 Å². The predicted molar refractivity (Wildman–Crippen MR) is 193 cm³/mol. The molecule has 0 aromatic heterocycles. The first-order chi connectivity index (χ1) is 23.0. The number of hydrogen-bond donors (Lipinski definition) is 1. The van der Waals surface area contributed by atoms with Crippen LogP contribution in [0.1, 0.15) is 54.4 Å². The van der Waals surface area contributed by atoms with Gasteiger partial charge in [-0.15, -0.1) is 0 Å². The van der Waals surface area contributed by atoms with E-state index in [0.717, 1.165) is 47.5 Å². The van der Waals surface area contributed by atoms with Crippen LogP contribution >= 0.6 is 23.2 Å². The highest BCUT2D eigenvalue weighted by molar-refractivity contribution is 7.92. The molecule has 2 amide bonds. The number of carbonyl (C=O) groups excluding carboxylic acids is 2. The van der Waals surface area contributed by atoms with Gasteiger partial charge in [0.25, 0.3) is 10.0 Å². The normalized spacial score (nSPS) is 14.2. The largest absolute Gasteiger partial charge is 0.352 e. The van der Waals surface area contributed by atoms with Crippen molar-refractivity contribution >= 4 is 50.7 Å². The van der Waals surface area contributed by atoms with Gasteiger partial charge in [0.15, 0.2) is 0 Å². The third-order valence-corrected chi connectivity index (χ3v) is 11.2. The van der Waals surface area contributed by atoms with Gasteiger partial charge in [-0.1, -0.05) is 115 Å². The molecule has 1 unspecified atom stereocenters. The minimum absolute atomic E-state index is 0.00103. The lowest BCUT2D eigenvalue weighted by molar-refractivity contribution is -0.140. The van der Waals surface area contributed by atoms with Crippen molar-refractivity contribution in [1.82, 2.24) is 10.2 Å². The number of halogens is 2. The molecule has 0 saturated heterocycles. The van der Waals surface area contributed by atoms with Crippen LogP contribution in [0.5, 0.6) is 0 Å². The number of sulfonamides is 1. The SMILES string of the molecule is Cc1ccc(S(=O)(=O)N(CC(=O)N(Cc2ccccc2Cl)C(Cc2ccccc2)C(=O)NC2CCCCC2)c2cc(Cl)ccc2C)cc1. The molecule has 252 valence electrons. The maximum atomic E-state index is 14.8. The molecule has 1 aliphatic carbocycles. The Morgan fingerprint density at radius 3 is 2.21 bits per heavy atom. The molecular weight excluding hydrogens is 665 g/mol. The van der Waals surface area contributed by atoms with Crippen molar-refractivity contribution in [3.05, 3.63) is 129 Å². The van der Waals surface area contributed by atoms with Crippen molar-refractivity contribution in [2.45, 2.75) is 75.9 Å². The molecule has 1 saturated carbocycles. The van der Waals surface area contributed by atoms with Crippen LogP contribution in [0, 0.1) is 13.8 Å². The molecule has 0 radical (unpaired) electrons. The van der Waals surface area contributed by atoms with E-state index in [1.807, 2.05) is 49.4 Å². The predicted octanol–water partition coefficient (Wildman–Crippen LogP) is 7.89. The number of nitrogens with zero attached hydrogens (tertiary/aromatic N) is 2. The summed E-state index contributed by atoms with van der Waals surface area (Å²) in [6, 6.07) is 27.2. The Morgan fingerprint density at radius 1 is 0.854 bits per heavy atom. The molecule has 0 spiro atoms. The van der Waals surface area contributed by atoms with Gasteiger partial charge in [-0.3, -0.25) is 13.9 Å². The summed E-state index contributed by atoms with van der Waals surface area (Å²) in [7, 11) is -4.25. The maximum absolute atomic E-state index is 14.8. The molecule has 10 heteroatoms. The fourth-order valence-corrected chi connectivity index (χ4v) is 7.94. The van der Waals surface area contributed by atoms with Crippen LogP contribution in [0.25, 0.3) is 0 Å². The number of rotatable bonds is 12. The quantitative estimate of drug-likeness (QED) is 0.162. The topological polar surface area (TPSA) is 86.8 Å². The van der Waals surface area contributed by atoms with Crippen LogP contribution in [0.4, 0.5) is 5.69 Å². The molecule has 0 bridgehead atoms. The first-order valence-electron chi connectivity index (χ1n) is 16.3. The third-order valence-electron chi connectivity index (χ3n) is 8.85. The monoisotopic (exact) mass is 705 g/mol. The lowest BCUT2D eigenvalue weighted by Crippen LogP contribution is -2.55. The van der Waals surface area contributed by atoms with Gasteiger partial charge in [-0.05, 0) is 73.7 Å². The second-order valence-electron chi connectivity index (χ2n) is 12.4. The lowest BCUT2D eigenvalue weighted by atomic mass is 9.94. The standard InChI is InChI=1S/C38H41Cl2N3O4S/c1-27-17-21-33(22-18-27)48(46,47)43(35-24-31(39)20-19-28(35)2)26-37(44)42(25-30-13-9-10-16-34(30)40)36(23-29-11-5-3-6-12-29)38(45)41-32-14-7-4-8-15-32/h3,5-6,9-13,16-22,24,32,36H,4,7-8,14-15,23,25-26H2,1-2H3,(H,41,45). The molecule has 0 heterocycles. The van der Waals surface area contributed by atoms with E-state index in [1.165, 1.54) is 17.0 Å². The molecule has 1 N–H and O–H groups in total. The van der Waals surface area contributed by atoms with E-state index in [2.05, 4.69) is 5.32 Å². The Hall–Kier alpha value is -3.85. The number of aryl methyl sites for hydroxylation is 2. The van der Waals surface area contributed by atoms with Crippen molar-refractivity contribution in [2.75, 3.05) is 10.8 Å². The lowest BCUT2D eigenvalue weighted by Gasteiger charge is -2.35. The summed E-state index contributed by atoms with van der Waals surface area (Å²) in [5, 5.41) is 3.99. The number of benzene rings is 4. The highest BCUT2D eigenvalue weighted by Gasteiger charge is 2.36. The smallest absolute Gasteiger partial charge is 0.264 e. The minimum atomic E-state index is -4.25. The zero-order chi connectivity index (χ0) is 34.3. The van der Waals surface area contributed by atoms with Gasteiger partial charge >= 0.3 is 0 Å². The Labute approximate surface area is 293 Å². The Bertz CT molecular complexity index is 1830. The van der Waals surface area contributed by atoms with Gasteiger partial charge in [0.2, 0.25) is 11.8 Å². The fraction of sp³-hybridized carbons (Fsp3) is 0.316. The molecule has 1 fully saturated rings. The summed E-state index contributed by atoms with van der Waals surface area (Å²) in [6.45, 7) is 3.08. The number of nitrogens with one attached hydrogen (secondary N) is 1. The van der Waals surface area contributed by atoms with E-state index in [9.17, 15) is 18.0 Å². The molecule has 4 aromatic carbocycles. The van der Waals surface area contributed by atoms with Crippen molar-refractivity contribution in [3.8, 4) is 0 Å². The van der Waals surface area contributed by atoms with Crippen LogP contribution < -0.4 is 9.62 Å². The van der Waals surface area contributed by atoms with Crippen LogP contribution in [-0.2, 0) is 32.6 Å². The number of hydrogen-bond acceptors (Lipinski definition) is 4. The van der Waals surface area contributed by atoms with Gasteiger partial charge in [-0.25, -0.2) is 8.42 Å². The highest BCUT2D eigenvalue weighted by Crippen LogP contribution is 2.31. The third kappa shape index (κ3) is 8.78. The number of carbonyl (C=O) groups is 2. The zero-order valence-electron chi connectivity index (χ0n) is 27.2. The molecule has 1 aliphatic rings. The fourth-order valence-electron chi connectivity index (χ4n) is 6.11. The second-order valence-corrected chi connectivity index (χ2v) is 15.1. The summed E-state index contributed by atoms with van der Waals surface area (Å²) >= 11 is 13.0. The first kappa shape index (κ1) is 35.5. The van der Waals surface area contributed by atoms with E-state index in [4.69, 9.17) is 23.2 Å². The van der Waals surface area contributed by atoms with Gasteiger partial charge in [0, 0.05) is 29.1 Å². The Kier molecular flexibility index (Phi) is 11.8. The maximum Gasteiger partial charge on any atom is 0.264 e. The molecule has 5 rings (SSSR count). The van der Waals surface area contributed by atoms with Crippen LogP contribution in [0.2, 0.25) is 10.0 Å². The van der Waals surface area contributed by atoms with Gasteiger partial charge in [-0.2, -0.15) is 0 Å². The van der Waals surface area contributed by atoms with Crippen molar-refractivity contribution in [3.63, 3.8) is 0 Å². The second kappa shape index (κ2) is 16.0. The van der Waals surface area contributed by atoms with E-state index >= 15 is 0 Å². The number of anilines is 1.